The van der Waals surface area contributed by atoms with Crippen LogP contribution < -0.4 is 10.6 Å². The number of piperidine rings is 1. The topological polar surface area (TPSA) is 69.2 Å². The molecule has 0 radical (unpaired) electrons. The molecule has 0 unspecified atom stereocenters. The van der Waals surface area contributed by atoms with E-state index in [1.54, 1.807) is 23.3 Å². The van der Waals surface area contributed by atoms with Gasteiger partial charge in [-0.3, -0.25) is 9.89 Å². The Bertz CT molecular complexity index is 649. The number of hydrogen-bond acceptors (Lipinski definition) is 5. The van der Waals surface area contributed by atoms with Gasteiger partial charge in [0.2, 0.25) is 0 Å². The summed E-state index contributed by atoms with van der Waals surface area (Å²) in [5.41, 5.74) is 0.928. The van der Waals surface area contributed by atoms with Gasteiger partial charge in [-0.1, -0.05) is 6.92 Å². The van der Waals surface area contributed by atoms with Crippen molar-refractivity contribution in [2.75, 3.05) is 39.8 Å². The van der Waals surface area contributed by atoms with Crippen molar-refractivity contribution in [3.8, 4) is 0 Å². The zero-order valence-corrected chi connectivity index (χ0v) is 20.1. The maximum Gasteiger partial charge on any atom is 0.410 e. The van der Waals surface area contributed by atoms with Crippen LogP contribution in [0.5, 0.6) is 0 Å². The minimum atomic E-state index is -0.480. The molecule has 170 valence electrons. The van der Waals surface area contributed by atoms with Crippen LogP contribution in [0, 0.1) is 0 Å². The number of guanidine groups is 1. The van der Waals surface area contributed by atoms with Crippen molar-refractivity contribution in [3.63, 3.8) is 0 Å². The van der Waals surface area contributed by atoms with E-state index in [0.717, 1.165) is 44.9 Å². The van der Waals surface area contributed by atoms with Gasteiger partial charge >= 0.3 is 6.09 Å². The van der Waals surface area contributed by atoms with Crippen LogP contribution in [0.3, 0.4) is 0 Å². The number of ether oxygens (including phenoxy) is 1. The third-order valence-corrected chi connectivity index (χ3v) is 5.69. The minimum absolute atomic E-state index is 0.257. The van der Waals surface area contributed by atoms with Gasteiger partial charge in [0.1, 0.15) is 5.60 Å². The molecule has 0 atom stereocenters. The molecule has 30 heavy (non-hydrogen) atoms. The Morgan fingerprint density at radius 2 is 2.07 bits per heavy atom. The van der Waals surface area contributed by atoms with E-state index in [1.807, 2.05) is 20.8 Å². The van der Waals surface area contributed by atoms with E-state index in [2.05, 4.69) is 44.3 Å². The first-order valence-electron chi connectivity index (χ1n) is 11.0. The van der Waals surface area contributed by atoms with Crippen LogP contribution in [0.15, 0.2) is 21.8 Å². The molecule has 2 rings (SSSR count). The highest BCUT2D eigenvalue weighted by Gasteiger charge is 2.22. The number of amides is 1. The maximum atomic E-state index is 12.4. The summed E-state index contributed by atoms with van der Waals surface area (Å²) in [6, 6.07) is 2.63. The van der Waals surface area contributed by atoms with Crippen LogP contribution in [0.25, 0.3) is 0 Å². The number of nitrogens with one attached hydrogen (secondary N) is 2. The van der Waals surface area contributed by atoms with E-state index in [0.29, 0.717) is 25.7 Å². The summed E-state index contributed by atoms with van der Waals surface area (Å²) < 4.78 is 5.51. The fourth-order valence-corrected chi connectivity index (χ4v) is 4.12. The van der Waals surface area contributed by atoms with E-state index >= 15 is 0 Å². The highest BCUT2D eigenvalue weighted by Crippen LogP contribution is 2.15. The summed E-state index contributed by atoms with van der Waals surface area (Å²) in [7, 11) is 1.79. The average molecular weight is 438 g/mol. The number of nitrogens with zero attached hydrogens (tertiary/aromatic N) is 3. The highest BCUT2D eigenvalue weighted by atomic mass is 32.1. The van der Waals surface area contributed by atoms with Crippen LogP contribution in [0.4, 0.5) is 4.79 Å². The molecule has 0 spiro atoms. The maximum absolute atomic E-state index is 12.4. The van der Waals surface area contributed by atoms with E-state index < -0.39 is 5.60 Å². The molecule has 8 heteroatoms. The number of rotatable bonds is 8. The molecule has 1 aliphatic heterocycles. The summed E-state index contributed by atoms with van der Waals surface area (Å²) in [6.45, 7) is 12.9. The molecule has 0 bridgehead atoms. The monoisotopic (exact) mass is 437 g/mol. The number of likely N-dealkylation sites (tertiary alicyclic amines) is 1. The molecule has 1 aromatic heterocycles. The summed E-state index contributed by atoms with van der Waals surface area (Å²) in [5, 5.41) is 11.3. The fraction of sp³-hybridized carbons (Fsp3) is 0.727. The number of hydrogen-bond donors (Lipinski definition) is 2. The molecule has 2 N–H and O–H groups in total. The molecule has 1 fully saturated rings. The Kier molecular flexibility index (Phi) is 9.91. The van der Waals surface area contributed by atoms with Gasteiger partial charge in [0, 0.05) is 52.4 Å². The number of carbonyl (C=O) groups excluding carboxylic acids is 1. The molecule has 0 saturated carbocycles. The van der Waals surface area contributed by atoms with Crippen molar-refractivity contribution >= 4 is 23.4 Å². The van der Waals surface area contributed by atoms with Crippen LogP contribution in [0.1, 0.15) is 52.5 Å². The molecule has 2 heterocycles. The standard InChI is InChI=1S/C22H39N5O2S/c1-6-11-27(21(28)29-22(2,3)4)14-10-24-20(23-5)25-19-7-12-26(13-8-19)16-18-9-15-30-17-18/h9,15,17,19H,6-8,10-14,16H2,1-5H3,(H2,23,24,25). The van der Waals surface area contributed by atoms with Crippen LogP contribution in [0.2, 0.25) is 0 Å². The second kappa shape index (κ2) is 12.2. The zero-order valence-electron chi connectivity index (χ0n) is 19.2. The smallest absolute Gasteiger partial charge is 0.410 e. The minimum Gasteiger partial charge on any atom is -0.444 e. The molecule has 7 nitrogen and oxygen atoms in total. The molecule has 0 aliphatic carbocycles. The number of aliphatic imine (C=N–C) groups is 1. The summed E-state index contributed by atoms with van der Waals surface area (Å²) in [5.74, 6) is 0.798. The van der Waals surface area contributed by atoms with Crippen molar-refractivity contribution in [3.05, 3.63) is 22.4 Å². The molecule has 1 aliphatic rings. The molecule has 0 aromatic carbocycles. The molecular formula is C22H39N5O2S. The number of carbonyl (C=O) groups is 1. The SMILES string of the molecule is CCCN(CCNC(=NC)NC1CCN(Cc2ccsc2)CC1)C(=O)OC(C)(C)C. The second-order valence-corrected chi connectivity index (χ2v) is 9.57. The first-order valence-corrected chi connectivity index (χ1v) is 11.9. The first-order chi connectivity index (χ1) is 14.3. The Balaban J connectivity index is 1.71. The van der Waals surface area contributed by atoms with Crippen molar-refractivity contribution in [2.45, 2.75) is 65.1 Å². The quantitative estimate of drug-likeness (QED) is 0.481. The molecule has 1 aromatic rings. The van der Waals surface area contributed by atoms with E-state index in [-0.39, 0.29) is 6.09 Å². The van der Waals surface area contributed by atoms with Crippen molar-refractivity contribution in [1.82, 2.24) is 20.4 Å². The van der Waals surface area contributed by atoms with E-state index in [1.165, 1.54) is 5.56 Å². The van der Waals surface area contributed by atoms with E-state index in [4.69, 9.17) is 4.74 Å². The molecule has 1 amide bonds. The largest absolute Gasteiger partial charge is 0.444 e. The Morgan fingerprint density at radius 3 is 2.63 bits per heavy atom. The highest BCUT2D eigenvalue weighted by molar-refractivity contribution is 7.07. The lowest BCUT2D eigenvalue weighted by Gasteiger charge is -2.33. The lowest BCUT2D eigenvalue weighted by Crippen LogP contribution is -2.50. The van der Waals surface area contributed by atoms with Crippen LogP contribution in [-0.2, 0) is 11.3 Å². The normalized spacial score (nSPS) is 16.4. The lowest BCUT2D eigenvalue weighted by molar-refractivity contribution is 0.0253. The van der Waals surface area contributed by atoms with E-state index in [9.17, 15) is 4.79 Å². The van der Waals surface area contributed by atoms with Gasteiger partial charge in [-0.15, -0.1) is 0 Å². The zero-order chi connectivity index (χ0) is 22.0. The third-order valence-electron chi connectivity index (χ3n) is 4.96. The van der Waals surface area contributed by atoms with Gasteiger partial charge in [-0.25, -0.2) is 4.79 Å². The van der Waals surface area contributed by atoms with Crippen molar-refractivity contribution in [2.24, 2.45) is 4.99 Å². The third kappa shape index (κ3) is 8.92. The van der Waals surface area contributed by atoms with Gasteiger partial charge < -0.3 is 20.3 Å². The van der Waals surface area contributed by atoms with Gasteiger partial charge in [0.25, 0.3) is 0 Å². The average Bonchev–Trinajstić information content (AvgIpc) is 3.19. The fourth-order valence-electron chi connectivity index (χ4n) is 3.46. The predicted molar refractivity (Wildman–Crippen MR) is 125 cm³/mol. The number of thiophene rings is 1. The molecular weight excluding hydrogens is 398 g/mol. The van der Waals surface area contributed by atoms with Crippen molar-refractivity contribution < 1.29 is 9.53 Å². The summed E-state index contributed by atoms with van der Waals surface area (Å²) in [6.07, 6.45) is 2.85. The van der Waals surface area contributed by atoms with Crippen LogP contribution in [-0.4, -0.2) is 73.3 Å². The van der Waals surface area contributed by atoms with Crippen molar-refractivity contribution in [1.29, 1.82) is 0 Å². The first kappa shape index (κ1) is 24.5. The van der Waals surface area contributed by atoms with Gasteiger partial charge in [-0.05, 0) is 62.4 Å². The van der Waals surface area contributed by atoms with Gasteiger partial charge in [0.05, 0.1) is 0 Å². The van der Waals surface area contributed by atoms with Gasteiger partial charge in [-0.2, -0.15) is 11.3 Å². The molecule has 1 saturated heterocycles. The predicted octanol–water partition coefficient (Wildman–Crippen LogP) is 3.52. The Hall–Kier alpha value is -1.80. The van der Waals surface area contributed by atoms with Gasteiger partial charge in [0.15, 0.2) is 5.96 Å². The second-order valence-electron chi connectivity index (χ2n) is 8.79. The lowest BCUT2D eigenvalue weighted by atomic mass is 10.0. The Labute approximate surface area is 185 Å². The Morgan fingerprint density at radius 1 is 1.33 bits per heavy atom. The summed E-state index contributed by atoms with van der Waals surface area (Å²) >= 11 is 1.76. The summed E-state index contributed by atoms with van der Waals surface area (Å²) in [4.78, 5) is 21.0. The van der Waals surface area contributed by atoms with Crippen LogP contribution >= 0.6 is 11.3 Å².